The molecule has 2 nitrogen and oxygen atoms in total. The fourth-order valence-corrected chi connectivity index (χ4v) is 3.34. The molecule has 122 valence electrons. The molecule has 1 fully saturated rings. The zero-order valence-electron chi connectivity index (χ0n) is 14.3. The van der Waals surface area contributed by atoms with Crippen LogP contribution in [0.3, 0.4) is 0 Å². The molecule has 0 saturated carbocycles. The number of ketones is 1. The summed E-state index contributed by atoms with van der Waals surface area (Å²) in [5, 5.41) is 0. The van der Waals surface area contributed by atoms with Gasteiger partial charge in [0, 0.05) is 12.0 Å². The van der Waals surface area contributed by atoms with Crippen LogP contribution in [0, 0.1) is 12.8 Å². The van der Waals surface area contributed by atoms with Gasteiger partial charge in [0.05, 0.1) is 0 Å². The van der Waals surface area contributed by atoms with Gasteiger partial charge in [-0.2, -0.15) is 0 Å². The first-order chi connectivity index (χ1) is 10.7. The van der Waals surface area contributed by atoms with Crippen molar-refractivity contribution in [1.29, 1.82) is 0 Å². The fourth-order valence-electron chi connectivity index (χ4n) is 3.34. The highest BCUT2D eigenvalue weighted by Gasteiger charge is 2.18. The number of carbonyl (C=O) groups excluding carboxylic acids is 1. The number of likely N-dealkylation sites (tertiary alicyclic amines) is 1. The van der Waals surface area contributed by atoms with E-state index in [9.17, 15) is 4.79 Å². The van der Waals surface area contributed by atoms with Gasteiger partial charge in [-0.3, -0.25) is 4.79 Å². The van der Waals surface area contributed by atoms with E-state index < -0.39 is 0 Å². The van der Waals surface area contributed by atoms with Crippen molar-refractivity contribution in [2.75, 3.05) is 19.6 Å². The van der Waals surface area contributed by atoms with Crippen LogP contribution in [0.25, 0.3) is 0 Å². The number of unbranched alkanes of at least 4 members (excludes halogenated alkanes) is 1. The third-order valence-corrected chi connectivity index (χ3v) is 4.92. The number of Topliss-reactive ketones (excluding diaryl/α,β-unsaturated/α-hetero) is 1. The minimum atomic E-state index is 0.290. The predicted octanol–water partition coefficient (Wildman–Crippen LogP) is 4.86. The van der Waals surface area contributed by atoms with E-state index in [-0.39, 0.29) is 5.78 Å². The van der Waals surface area contributed by atoms with E-state index in [1.165, 1.54) is 50.8 Å². The monoisotopic (exact) mass is 301 g/mol. The minimum absolute atomic E-state index is 0.290. The Bertz CT molecular complexity index is 443. The number of aryl methyl sites for hydroxylation is 1. The molecule has 2 rings (SSSR count). The van der Waals surface area contributed by atoms with Crippen LogP contribution in [-0.2, 0) is 0 Å². The molecule has 0 radical (unpaired) electrons. The summed E-state index contributed by atoms with van der Waals surface area (Å²) in [6.07, 6.45) is 8.50. The Balaban J connectivity index is 1.63. The Morgan fingerprint density at radius 1 is 1.14 bits per heavy atom. The fraction of sp³-hybridized carbons (Fsp3) is 0.650. The molecule has 1 aromatic rings. The van der Waals surface area contributed by atoms with Gasteiger partial charge in [-0.05, 0) is 51.7 Å². The molecule has 0 amide bonds. The lowest BCUT2D eigenvalue weighted by molar-refractivity contribution is 0.0970. The number of piperidine rings is 1. The third-order valence-electron chi connectivity index (χ3n) is 4.92. The van der Waals surface area contributed by atoms with Crippen LogP contribution in [0.4, 0.5) is 0 Å². The molecule has 0 spiro atoms. The molecule has 1 saturated heterocycles. The van der Waals surface area contributed by atoms with E-state index in [0.29, 0.717) is 6.42 Å². The molecule has 0 bridgehead atoms. The van der Waals surface area contributed by atoms with Crippen molar-refractivity contribution in [2.45, 2.75) is 58.8 Å². The van der Waals surface area contributed by atoms with E-state index in [2.05, 4.69) is 18.7 Å². The summed E-state index contributed by atoms with van der Waals surface area (Å²) >= 11 is 0. The number of rotatable bonds is 8. The summed E-state index contributed by atoms with van der Waals surface area (Å²) in [4.78, 5) is 14.7. The predicted molar refractivity (Wildman–Crippen MR) is 93.4 cm³/mol. The van der Waals surface area contributed by atoms with Crippen LogP contribution in [0.5, 0.6) is 0 Å². The number of hydrogen-bond donors (Lipinski definition) is 0. The van der Waals surface area contributed by atoms with Gasteiger partial charge in [0.1, 0.15) is 0 Å². The van der Waals surface area contributed by atoms with Gasteiger partial charge in [-0.1, -0.05) is 56.0 Å². The maximum absolute atomic E-state index is 12.1. The number of benzene rings is 1. The van der Waals surface area contributed by atoms with Gasteiger partial charge in [0.2, 0.25) is 0 Å². The van der Waals surface area contributed by atoms with Gasteiger partial charge in [-0.15, -0.1) is 0 Å². The quantitative estimate of drug-likeness (QED) is 0.639. The lowest BCUT2D eigenvalue weighted by Gasteiger charge is -2.31. The zero-order chi connectivity index (χ0) is 15.8. The summed E-state index contributed by atoms with van der Waals surface area (Å²) in [6, 6.07) is 7.95. The molecule has 1 aliphatic rings. The molecule has 2 heteroatoms. The minimum Gasteiger partial charge on any atom is -0.303 e. The highest BCUT2D eigenvalue weighted by molar-refractivity contribution is 5.96. The number of hydrogen-bond acceptors (Lipinski definition) is 2. The van der Waals surface area contributed by atoms with Crippen LogP contribution >= 0.6 is 0 Å². The van der Waals surface area contributed by atoms with Crippen molar-refractivity contribution >= 4 is 5.78 Å². The van der Waals surface area contributed by atoms with Gasteiger partial charge < -0.3 is 4.90 Å². The molecule has 0 aliphatic carbocycles. The van der Waals surface area contributed by atoms with E-state index in [1.54, 1.807) is 0 Å². The van der Waals surface area contributed by atoms with Crippen molar-refractivity contribution < 1.29 is 4.79 Å². The first-order valence-electron chi connectivity index (χ1n) is 9.01. The molecule has 0 unspecified atom stereocenters. The Hall–Kier alpha value is -1.15. The second kappa shape index (κ2) is 9.09. The Morgan fingerprint density at radius 2 is 1.82 bits per heavy atom. The number of nitrogens with zero attached hydrogens (tertiary/aromatic N) is 1. The van der Waals surface area contributed by atoms with Crippen molar-refractivity contribution in [3.8, 4) is 0 Å². The van der Waals surface area contributed by atoms with Gasteiger partial charge in [0.15, 0.2) is 5.78 Å². The smallest absolute Gasteiger partial charge is 0.162 e. The van der Waals surface area contributed by atoms with E-state index in [1.807, 2.05) is 24.3 Å². The largest absolute Gasteiger partial charge is 0.303 e. The maximum atomic E-state index is 12.1. The molecule has 1 aliphatic heterocycles. The summed E-state index contributed by atoms with van der Waals surface area (Å²) in [5.74, 6) is 1.24. The van der Waals surface area contributed by atoms with E-state index in [0.717, 1.165) is 24.4 Å². The van der Waals surface area contributed by atoms with Crippen molar-refractivity contribution in [2.24, 2.45) is 5.92 Å². The molecular weight excluding hydrogens is 270 g/mol. The maximum Gasteiger partial charge on any atom is 0.162 e. The van der Waals surface area contributed by atoms with E-state index in [4.69, 9.17) is 0 Å². The SMILES string of the molecule is CCCCC1CCN(CCCC(=O)c2ccc(C)cc2)CC1. The standard InChI is InChI=1S/C20H31NO/c1-3-4-6-18-12-15-21(16-13-18)14-5-7-20(22)19-10-8-17(2)9-11-19/h8-11,18H,3-7,12-16H2,1-2H3. The Kier molecular flexibility index (Phi) is 7.11. The van der Waals surface area contributed by atoms with Crippen LogP contribution in [0.15, 0.2) is 24.3 Å². The van der Waals surface area contributed by atoms with E-state index >= 15 is 0 Å². The molecule has 0 aromatic heterocycles. The molecule has 1 heterocycles. The third kappa shape index (κ3) is 5.57. The molecule has 0 atom stereocenters. The second-order valence-electron chi connectivity index (χ2n) is 6.82. The van der Waals surface area contributed by atoms with Crippen molar-refractivity contribution in [1.82, 2.24) is 4.90 Å². The first-order valence-corrected chi connectivity index (χ1v) is 9.01. The van der Waals surface area contributed by atoms with Crippen molar-refractivity contribution in [3.63, 3.8) is 0 Å². The van der Waals surface area contributed by atoms with Crippen LogP contribution in [0.2, 0.25) is 0 Å². The molecular formula is C20H31NO. The summed E-state index contributed by atoms with van der Waals surface area (Å²) in [6.45, 7) is 7.87. The van der Waals surface area contributed by atoms with Gasteiger partial charge in [-0.25, -0.2) is 0 Å². The molecule has 0 N–H and O–H groups in total. The Labute approximate surface area is 135 Å². The summed E-state index contributed by atoms with van der Waals surface area (Å²) in [5.41, 5.74) is 2.08. The highest BCUT2D eigenvalue weighted by Crippen LogP contribution is 2.22. The zero-order valence-corrected chi connectivity index (χ0v) is 14.3. The second-order valence-corrected chi connectivity index (χ2v) is 6.82. The van der Waals surface area contributed by atoms with Crippen LogP contribution in [0.1, 0.15) is 67.8 Å². The van der Waals surface area contributed by atoms with Crippen LogP contribution < -0.4 is 0 Å². The van der Waals surface area contributed by atoms with Crippen molar-refractivity contribution in [3.05, 3.63) is 35.4 Å². The lowest BCUT2D eigenvalue weighted by Crippen LogP contribution is -2.34. The van der Waals surface area contributed by atoms with Gasteiger partial charge >= 0.3 is 0 Å². The summed E-state index contributed by atoms with van der Waals surface area (Å²) < 4.78 is 0. The molecule has 22 heavy (non-hydrogen) atoms. The Morgan fingerprint density at radius 3 is 2.45 bits per heavy atom. The summed E-state index contributed by atoms with van der Waals surface area (Å²) in [7, 11) is 0. The number of carbonyl (C=O) groups is 1. The van der Waals surface area contributed by atoms with Gasteiger partial charge in [0.25, 0.3) is 0 Å². The topological polar surface area (TPSA) is 20.3 Å². The average molecular weight is 301 g/mol. The normalized spacial score (nSPS) is 16.8. The molecule has 1 aromatic carbocycles. The lowest BCUT2D eigenvalue weighted by atomic mass is 9.91. The average Bonchev–Trinajstić information content (AvgIpc) is 2.54. The highest BCUT2D eigenvalue weighted by atomic mass is 16.1. The van der Waals surface area contributed by atoms with Crippen LogP contribution in [-0.4, -0.2) is 30.3 Å². The first kappa shape index (κ1) is 17.2.